The van der Waals surface area contributed by atoms with Crippen LogP contribution in [-0.2, 0) is 11.3 Å². The van der Waals surface area contributed by atoms with Crippen LogP contribution < -0.4 is 15.8 Å². The van der Waals surface area contributed by atoms with Gasteiger partial charge in [0.2, 0.25) is 0 Å². The minimum atomic E-state index is -0.518. The number of ether oxygens (including phenoxy) is 1. The third kappa shape index (κ3) is 4.44. The molecule has 2 N–H and O–H groups in total. The molecule has 2 aromatic carbocycles. The van der Waals surface area contributed by atoms with E-state index in [-0.39, 0.29) is 6.61 Å². The Morgan fingerprint density at radius 2 is 1.70 bits per heavy atom. The van der Waals surface area contributed by atoms with Gasteiger partial charge in [-0.1, -0.05) is 6.07 Å². The summed E-state index contributed by atoms with van der Waals surface area (Å²) >= 11 is 1.15. The van der Waals surface area contributed by atoms with Crippen molar-refractivity contribution in [2.24, 2.45) is 0 Å². The van der Waals surface area contributed by atoms with Gasteiger partial charge in [-0.3, -0.25) is 20.4 Å². The quantitative estimate of drug-likeness (QED) is 0.555. The molecule has 30 heavy (non-hydrogen) atoms. The van der Waals surface area contributed by atoms with Gasteiger partial charge in [0.05, 0.1) is 6.61 Å². The van der Waals surface area contributed by atoms with Gasteiger partial charge >= 0.3 is 0 Å². The van der Waals surface area contributed by atoms with E-state index in [4.69, 9.17) is 4.74 Å². The summed E-state index contributed by atoms with van der Waals surface area (Å²) in [4.78, 5) is 27.6. The minimum absolute atomic E-state index is 0.0878. The largest absolute Gasteiger partial charge is 0.380 e. The predicted octanol–water partition coefficient (Wildman–Crippen LogP) is 4.11. The molecule has 0 radical (unpaired) electrons. The highest BCUT2D eigenvalue weighted by Crippen LogP contribution is 2.33. The van der Waals surface area contributed by atoms with E-state index >= 15 is 0 Å². The van der Waals surface area contributed by atoms with E-state index in [0.29, 0.717) is 26.1 Å². The number of halogens is 1. The van der Waals surface area contributed by atoms with Gasteiger partial charge in [-0.25, -0.2) is 4.39 Å². The number of anilines is 1. The van der Waals surface area contributed by atoms with Gasteiger partial charge in [0.15, 0.2) is 0 Å². The van der Waals surface area contributed by atoms with E-state index in [1.807, 2.05) is 12.1 Å². The monoisotopic (exact) mass is 429 g/mol. The van der Waals surface area contributed by atoms with Gasteiger partial charge in [-0.15, -0.1) is 11.3 Å². The van der Waals surface area contributed by atoms with Gasteiger partial charge in [0.1, 0.15) is 10.7 Å². The molecule has 3 aromatic rings. The Labute approximate surface area is 178 Å². The van der Waals surface area contributed by atoms with Crippen molar-refractivity contribution in [3.8, 4) is 0 Å². The molecule has 3 rings (SSSR count). The molecule has 2 amide bonds. The Kier molecular flexibility index (Phi) is 7.02. The number of benzene rings is 2. The number of hydrazine groups is 1. The van der Waals surface area contributed by atoms with Gasteiger partial charge < -0.3 is 9.64 Å². The highest BCUT2D eigenvalue weighted by molar-refractivity contribution is 7.21. The van der Waals surface area contributed by atoms with Crippen LogP contribution in [0.3, 0.4) is 0 Å². The zero-order valence-corrected chi connectivity index (χ0v) is 17.9. The van der Waals surface area contributed by atoms with Crippen LogP contribution in [0.15, 0.2) is 42.5 Å². The summed E-state index contributed by atoms with van der Waals surface area (Å²) in [5, 5.41) is 0.368. The van der Waals surface area contributed by atoms with Gasteiger partial charge in [-0.05, 0) is 50.2 Å². The van der Waals surface area contributed by atoms with Crippen molar-refractivity contribution in [2.45, 2.75) is 20.5 Å². The maximum atomic E-state index is 14.3. The number of thiophene rings is 1. The summed E-state index contributed by atoms with van der Waals surface area (Å²) in [6.45, 7) is 5.97. The first-order valence-electron chi connectivity index (χ1n) is 9.64. The average Bonchev–Trinajstić information content (AvgIpc) is 3.13. The lowest BCUT2D eigenvalue weighted by molar-refractivity contribution is 0.0847. The maximum absolute atomic E-state index is 14.3. The van der Waals surface area contributed by atoms with E-state index in [1.165, 1.54) is 13.2 Å². The van der Waals surface area contributed by atoms with E-state index < -0.39 is 17.6 Å². The lowest BCUT2D eigenvalue weighted by Gasteiger charge is -2.21. The molecule has 0 unspecified atom stereocenters. The molecule has 1 aromatic heterocycles. The lowest BCUT2D eigenvalue weighted by atomic mass is 10.1. The molecule has 158 valence electrons. The lowest BCUT2D eigenvalue weighted by Crippen LogP contribution is -2.41. The van der Waals surface area contributed by atoms with Crippen LogP contribution in [0.25, 0.3) is 10.1 Å². The van der Waals surface area contributed by atoms with Crippen LogP contribution >= 0.6 is 11.3 Å². The summed E-state index contributed by atoms with van der Waals surface area (Å²) < 4.78 is 20.1. The number of amides is 2. The van der Waals surface area contributed by atoms with E-state index in [1.54, 1.807) is 24.3 Å². The van der Waals surface area contributed by atoms with Crippen molar-refractivity contribution >= 4 is 38.9 Å². The molecule has 6 nitrogen and oxygen atoms in total. The maximum Gasteiger partial charge on any atom is 0.280 e. The fraction of sp³-hybridized carbons (Fsp3) is 0.273. The molecule has 0 fully saturated rings. The molecular formula is C22H24FN3O3S. The van der Waals surface area contributed by atoms with E-state index in [2.05, 4.69) is 29.6 Å². The van der Waals surface area contributed by atoms with E-state index in [9.17, 15) is 14.0 Å². The highest BCUT2D eigenvalue weighted by atomic mass is 32.1. The minimum Gasteiger partial charge on any atom is -0.380 e. The Hall–Kier alpha value is -2.97. The first-order valence-corrected chi connectivity index (χ1v) is 10.5. The second kappa shape index (κ2) is 9.69. The zero-order chi connectivity index (χ0) is 21.7. The summed E-state index contributed by atoms with van der Waals surface area (Å²) in [6, 6.07) is 11.8. The van der Waals surface area contributed by atoms with Crippen LogP contribution in [0.5, 0.6) is 0 Å². The fourth-order valence-electron chi connectivity index (χ4n) is 3.29. The number of carbonyl (C=O) groups excluding carboxylic acids is 2. The number of hydrogen-bond acceptors (Lipinski definition) is 5. The first-order chi connectivity index (χ1) is 14.5. The number of methoxy groups -OCH3 is 1. The molecule has 0 saturated heterocycles. The Balaban J connectivity index is 1.73. The van der Waals surface area contributed by atoms with Crippen molar-refractivity contribution in [2.75, 3.05) is 25.1 Å². The highest BCUT2D eigenvalue weighted by Gasteiger charge is 2.21. The van der Waals surface area contributed by atoms with Gasteiger partial charge in [-0.2, -0.15) is 0 Å². The van der Waals surface area contributed by atoms with Crippen LogP contribution in [0.2, 0.25) is 0 Å². The normalized spacial score (nSPS) is 10.8. The first kappa shape index (κ1) is 21.7. The number of hydrogen-bond donors (Lipinski definition) is 2. The summed E-state index contributed by atoms with van der Waals surface area (Å²) in [7, 11) is 1.48. The molecule has 1 heterocycles. The van der Waals surface area contributed by atoms with Crippen molar-refractivity contribution in [3.63, 3.8) is 0 Å². The second-order valence-corrected chi connectivity index (χ2v) is 7.64. The Bertz CT molecular complexity index is 1050. The standard InChI is InChI=1S/C22H24FN3O3S/c1-4-26(5-2)15-11-9-14(10-12-15)21(27)24-25-22(28)20-16(13-29-3)19-17(23)7-6-8-18(19)30-20/h6-12H,4-5,13H2,1-3H3,(H,24,27)(H,25,28). The second-order valence-electron chi connectivity index (χ2n) is 6.58. The van der Waals surface area contributed by atoms with Crippen LogP contribution in [0.1, 0.15) is 39.4 Å². The van der Waals surface area contributed by atoms with Crippen molar-refractivity contribution in [1.82, 2.24) is 10.9 Å². The number of nitrogens with one attached hydrogen (secondary N) is 2. The molecule has 0 bridgehead atoms. The van der Waals surface area contributed by atoms with Crippen LogP contribution in [-0.4, -0.2) is 32.0 Å². The van der Waals surface area contributed by atoms with Crippen molar-refractivity contribution < 1.29 is 18.7 Å². The molecule has 8 heteroatoms. The third-order valence-electron chi connectivity index (χ3n) is 4.81. The average molecular weight is 430 g/mol. The number of carbonyl (C=O) groups is 2. The van der Waals surface area contributed by atoms with Gasteiger partial charge in [0.25, 0.3) is 11.8 Å². The third-order valence-corrected chi connectivity index (χ3v) is 6.00. The number of fused-ring (bicyclic) bond motifs is 1. The van der Waals surface area contributed by atoms with E-state index in [0.717, 1.165) is 30.1 Å². The molecule has 0 atom stereocenters. The molecule has 0 aliphatic heterocycles. The fourth-order valence-corrected chi connectivity index (χ4v) is 4.40. The SMILES string of the molecule is CCN(CC)c1ccc(C(=O)NNC(=O)c2sc3cccc(F)c3c2COC)cc1. The molecule has 0 aliphatic carbocycles. The summed E-state index contributed by atoms with van der Waals surface area (Å²) in [5.41, 5.74) is 6.75. The Morgan fingerprint density at radius 3 is 2.33 bits per heavy atom. The molecular weight excluding hydrogens is 405 g/mol. The predicted molar refractivity (Wildman–Crippen MR) is 117 cm³/mol. The van der Waals surface area contributed by atoms with Gasteiger partial charge in [0, 0.05) is 47.1 Å². The molecule has 0 aliphatic rings. The molecule has 0 spiro atoms. The summed E-state index contributed by atoms with van der Waals surface area (Å²) in [5.74, 6) is -1.36. The Morgan fingerprint density at radius 1 is 1.03 bits per heavy atom. The number of rotatable bonds is 7. The van der Waals surface area contributed by atoms with Crippen molar-refractivity contribution in [1.29, 1.82) is 0 Å². The topological polar surface area (TPSA) is 70.7 Å². The summed E-state index contributed by atoms with van der Waals surface area (Å²) in [6.07, 6.45) is 0. The smallest absolute Gasteiger partial charge is 0.280 e. The van der Waals surface area contributed by atoms with Crippen molar-refractivity contribution in [3.05, 3.63) is 64.3 Å². The van der Waals surface area contributed by atoms with Crippen LogP contribution in [0.4, 0.5) is 10.1 Å². The molecule has 0 saturated carbocycles. The number of nitrogens with zero attached hydrogens (tertiary/aromatic N) is 1. The zero-order valence-electron chi connectivity index (χ0n) is 17.1. The van der Waals surface area contributed by atoms with Crippen LogP contribution in [0, 0.1) is 5.82 Å².